The summed E-state index contributed by atoms with van der Waals surface area (Å²) in [7, 11) is 0. The lowest BCUT2D eigenvalue weighted by Crippen LogP contribution is -2.17. The Morgan fingerprint density at radius 3 is 2.85 bits per heavy atom. The van der Waals surface area contributed by atoms with Crippen LogP contribution in [0, 0.1) is 16.0 Å². The molecular formula is C14H21BrN2O3. The van der Waals surface area contributed by atoms with Gasteiger partial charge in [0.25, 0.3) is 5.69 Å². The third-order valence-electron chi connectivity index (χ3n) is 2.65. The fraction of sp³-hybridized carbons (Fsp3) is 0.571. The summed E-state index contributed by atoms with van der Waals surface area (Å²) in [6.07, 6.45) is 0.897. The van der Waals surface area contributed by atoms with E-state index in [2.05, 4.69) is 35.1 Å². The number of hydrogen-bond donors (Lipinski definition) is 1. The summed E-state index contributed by atoms with van der Waals surface area (Å²) in [5.41, 5.74) is 0.837. The highest BCUT2D eigenvalue weighted by Gasteiger charge is 2.12. The third kappa shape index (κ3) is 6.45. The van der Waals surface area contributed by atoms with Crippen molar-refractivity contribution in [1.29, 1.82) is 0 Å². The molecule has 0 fully saturated rings. The first-order valence-electron chi connectivity index (χ1n) is 6.72. The number of rotatable bonds is 9. The predicted octanol–water partition coefficient (Wildman–Crippen LogP) is 3.51. The van der Waals surface area contributed by atoms with Crippen LogP contribution in [0.3, 0.4) is 0 Å². The zero-order chi connectivity index (χ0) is 15.0. The maximum atomic E-state index is 10.9. The van der Waals surface area contributed by atoms with Crippen molar-refractivity contribution in [3.8, 4) is 0 Å². The van der Waals surface area contributed by atoms with Gasteiger partial charge in [0.05, 0.1) is 4.92 Å². The molecular weight excluding hydrogens is 324 g/mol. The molecule has 0 amide bonds. The molecule has 1 N–H and O–H groups in total. The lowest BCUT2D eigenvalue weighted by molar-refractivity contribution is -0.385. The molecule has 1 aromatic rings. The molecule has 1 rings (SSSR count). The predicted molar refractivity (Wildman–Crippen MR) is 82.8 cm³/mol. The van der Waals surface area contributed by atoms with E-state index in [0.717, 1.165) is 24.0 Å². The van der Waals surface area contributed by atoms with E-state index >= 15 is 0 Å². The zero-order valence-electron chi connectivity index (χ0n) is 11.9. The minimum absolute atomic E-state index is 0.150. The third-order valence-corrected chi connectivity index (χ3v) is 3.14. The van der Waals surface area contributed by atoms with Crippen LogP contribution in [-0.4, -0.2) is 24.7 Å². The van der Waals surface area contributed by atoms with E-state index in [1.54, 1.807) is 12.1 Å². The average Bonchev–Trinajstić information content (AvgIpc) is 2.37. The van der Waals surface area contributed by atoms with Crippen molar-refractivity contribution in [2.75, 3.05) is 19.8 Å². The van der Waals surface area contributed by atoms with Gasteiger partial charge in [0.2, 0.25) is 0 Å². The molecule has 6 heteroatoms. The topological polar surface area (TPSA) is 64.4 Å². The number of nitrogens with zero attached hydrogens (tertiary/aromatic N) is 1. The molecule has 0 spiro atoms. The molecule has 0 aliphatic rings. The van der Waals surface area contributed by atoms with Crippen LogP contribution in [0.4, 0.5) is 5.69 Å². The van der Waals surface area contributed by atoms with Crippen molar-refractivity contribution in [2.24, 2.45) is 5.92 Å². The van der Waals surface area contributed by atoms with E-state index in [4.69, 9.17) is 4.74 Å². The number of ether oxygens (including phenoxy) is 1. The molecule has 0 bridgehead atoms. The maximum Gasteiger partial charge on any atom is 0.273 e. The molecule has 20 heavy (non-hydrogen) atoms. The largest absolute Gasteiger partial charge is 0.381 e. The van der Waals surface area contributed by atoms with E-state index in [1.807, 2.05) is 0 Å². The van der Waals surface area contributed by atoms with Gasteiger partial charge >= 0.3 is 0 Å². The summed E-state index contributed by atoms with van der Waals surface area (Å²) < 4.78 is 6.32. The molecule has 0 radical (unpaired) electrons. The highest BCUT2D eigenvalue weighted by molar-refractivity contribution is 9.10. The normalized spacial score (nSPS) is 11.0. The standard InChI is InChI=1S/C14H21BrN2O3/c1-11(2)10-20-7-3-6-16-9-12-8-13(15)4-5-14(12)17(18)19/h4-5,8,11,16H,3,6-7,9-10H2,1-2H3. The Balaban J connectivity index is 2.31. The average molecular weight is 345 g/mol. The summed E-state index contributed by atoms with van der Waals surface area (Å²) in [4.78, 5) is 10.6. The fourth-order valence-corrected chi connectivity index (χ4v) is 2.12. The van der Waals surface area contributed by atoms with Crippen LogP contribution in [0.5, 0.6) is 0 Å². The molecule has 0 heterocycles. The van der Waals surface area contributed by atoms with Crippen LogP contribution in [0.1, 0.15) is 25.8 Å². The monoisotopic (exact) mass is 344 g/mol. The quantitative estimate of drug-likeness (QED) is 0.423. The molecule has 0 aliphatic carbocycles. The molecule has 0 saturated carbocycles. The number of halogens is 1. The molecule has 112 valence electrons. The second-order valence-electron chi connectivity index (χ2n) is 5.03. The van der Waals surface area contributed by atoms with Crippen molar-refractivity contribution < 1.29 is 9.66 Å². The Morgan fingerprint density at radius 2 is 2.20 bits per heavy atom. The van der Waals surface area contributed by atoms with Gasteiger partial charge < -0.3 is 10.1 Å². The Labute approximate surface area is 128 Å². The van der Waals surface area contributed by atoms with Gasteiger partial charge in [0.15, 0.2) is 0 Å². The van der Waals surface area contributed by atoms with Gasteiger partial charge in [-0.05, 0) is 31.0 Å². The first kappa shape index (κ1) is 17.1. The summed E-state index contributed by atoms with van der Waals surface area (Å²) >= 11 is 3.33. The van der Waals surface area contributed by atoms with Crippen LogP contribution < -0.4 is 5.32 Å². The minimum Gasteiger partial charge on any atom is -0.381 e. The highest BCUT2D eigenvalue weighted by atomic mass is 79.9. The van der Waals surface area contributed by atoms with Crippen LogP contribution in [-0.2, 0) is 11.3 Å². The van der Waals surface area contributed by atoms with Crippen molar-refractivity contribution in [2.45, 2.75) is 26.8 Å². The van der Waals surface area contributed by atoms with E-state index in [9.17, 15) is 10.1 Å². The summed E-state index contributed by atoms with van der Waals surface area (Å²) in [6.45, 7) is 6.99. The molecule has 0 aliphatic heterocycles. The number of hydrogen-bond acceptors (Lipinski definition) is 4. The van der Waals surface area contributed by atoms with E-state index in [-0.39, 0.29) is 10.6 Å². The number of nitrogens with one attached hydrogen (secondary N) is 1. The van der Waals surface area contributed by atoms with E-state index < -0.39 is 0 Å². The Bertz CT molecular complexity index is 438. The van der Waals surface area contributed by atoms with E-state index in [1.165, 1.54) is 6.07 Å². The molecule has 0 atom stereocenters. The van der Waals surface area contributed by atoms with Crippen molar-refractivity contribution in [1.82, 2.24) is 5.32 Å². The molecule has 5 nitrogen and oxygen atoms in total. The summed E-state index contributed by atoms with van der Waals surface area (Å²) in [5.74, 6) is 0.548. The summed E-state index contributed by atoms with van der Waals surface area (Å²) in [5, 5.41) is 14.1. The van der Waals surface area contributed by atoms with Gasteiger partial charge in [-0.15, -0.1) is 0 Å². The first-order valence-corrected chi connectivity index (χ1v) is 7.51. The Hall–Kier alpha value is -0.980. The SMILES string of the molecule is CC(C)COCCCNCc1cc(Br)ccc1[N+](=O)[O-]. The van der Waals surface area contributed by atoms with Gasteiger partial charge in [0.1, 0.15) is 0 Å². The molecule has 0 aromatic heterocycles. The number of nitro benzene ring substituents is 1. The molecule has 1 aromatic carbocycles. The maximum absolute atomic E-state index is 10.9. The van der Waals surface area contributed by atoms with E-state index in [0.29, 0.717) is 24.6 Å². The summed E-state index contributed by atoms with van der Waals surface area (Å²) in [6, 6.07) is 4.98. The van der Waals surface area contributed by atoms with Crippen LogP contribution >= 0.6 is 15.9 Å². The number of benzene rings is 1. The van der Waals surface area contributed by atoms with Gasteiger partial charge in [0, 0.05) is 35.9 Å². The van der Waals surface area contributed by atoms with Gasteiger partial charge in [-0.25, -0.2) is 0 Å². The van der Waals surface area contributed by atoms with Crippen molar-refractivity contribution in [3.05, 3.63) is 38.3 Å². The number of nitro groups is 1. The van der Waals surface area contributed by atoms with Crippen LogP contribution in [0.15, 0.2) is 22.7 Å². The lowest BCUT2D eigenvalue weighted by Gasteiger charge is -2.08. The highest BCUT2D eigenvalue weighted by Crippen LogP contribution is 2.22. The molecule has 0 unspecified atom stereocenters. The van der Waals surface area contributed by atoms with Gasteiger partial charge in [-0.2, -0.15) is 0 Å². The Morgan fingerprint density at radius 1 is 1.45 bits per heavy atom. The Kier molecular flexibility index (Phi) is 7.72. The van der Waals surface area contributed by atoms with Crippen LogP contribution in [0.2, 0.25) is 0 Å². The molecule has 0 saturated heterocycles. The minimum atomic E-state index is -0.352. The second kappa shape index (κ2) is 9.05. The van der Waals surface area contributed by atoms with Gasteiger partial charge in [-0.3, -0.25) is 10.1 Å². The smallest absolute Gasteiger partial charge is 0.273 e. The van der Waals surface area contributed by atoms with Crippen molar-refractivity contribution in [3.63, 3.8) is 0 Å². The van der Waals surface area contributed by atoms with Gasteiger partial charge in [-0.1, -0.05) is 29.8 Å². The fourth-order valence-electron chi connectivity index (χ4n) is 1.72. The van der Waals surface area contributed by atoms with Crippen molar-refractivity contribution >= 4 is 21.6 Å². The van der Waals surface area contributed by atoms with Crippen LogP contribution in [0.25, 0.3) is 0 Å². The lowest BCUT2D eigenvalue weighted by atomic mass is 10.2. The second-order valence-corrected chi connectivity index (χ2v) is 5.94. The first-order chi connectivity index (χ1) is 9.50. The zero-order valence-corrected chi connectivity index (χ0v) is 13.5.